The topological polar surface area (TPSA) is 30.5 Å². The summed E-state index contributed by atoms with van der Waals surface area (Å²) < 4.78 is 0. The average Bonchev–Trinajstić information content (AvgIpc) is 2.33. The highest BCUT2D eigenvalue weighted by atomic mass is 15.2. The minimum atomic E-state index is 0.865. The summed E-state index contributed by atoms with van der Waals surface area (Å²) >= 11 is 0. The fourth-order valence-corrected chi connectivity index (χ4v) is 2.77. The predicted molar refractivity (Wildman–Crippen MR) is 68.3 cm³/mol. The largest absolute Gasteiger partial charge is 0.399 e. The van der Waals surface area contributed by atoms with Crippen LogP contribution in [-0.4, -0.2) is 12.6 Å². The zero-order valence-electron chi connectivity index (χ0n) is 10.2. The van der Waals surface area contributed by atoms with Crippen LogP contribution in [0, 0.1) is 0 Å². The van der Waals surface area contributed by atoms with Crippen molar-refractivity contribution in [2.24, 2.45) is 0 Å². The molecule has 0 bridgehead atoms. The minimum absolute atomic E-state index is 0.865. The summed E-state index contributed by atoms with van der Waals surface area (Å²) in [5.41, 5.74) is 7.99. The fourth-order valence-electron chi connectivity index (χ4n) is 2.77. The van der Waals surface area contributed by atoms with Gasteiger partial charge >= 0.3 is 0 Å². The van der Waals surface area contributed by atoms with E-state index in [0.717, 1.165) is 11.7 Å². The molecule has 1 aliphatic rings. The Morgan fingerprint density at radius 1 is 1.25 bits per heavy atom. The lowest BCUT2D eigenvalue weighted by Crippen LogP contribution is -3.15. The summed E-state index contributed by atoms with van der Waals surface area (Å²) in [5.74, 6) is 0. The van der Waals surface area contributed by atoms with E-state index >= 15 is 0 Å². The molecule has 0 amide bonds. The van der Waals surface area contributed by atoms with E-state index in [4.69, 9.17) is 5.73 Å². The summed E-state index contributed by atoms with van der Waals surface area (Å²) in [5, 5.41) is 0. The van der Waals surface area contributed by atoms with Crippen LogP contribution in [0.15, 0.2) is 24.3 Å². The van der Waals surface area contributed by atoms with Crippen molar-refractivity contribution in [1.82, 2.24) is 0 Å². The zero-order chi connectivity index (χ0) is 11.4. The van der Waals surface area contributed by atoms with Crippen LogP contribution in [-0.2, 0) is 6.54 Å². The third-order valence-electron chi connectivity index (χ3n) is 3.78. The summed E-state index contributed by atoms with van der Waals surface area (Å²) in [6, 6.07) is 9.23. The van der Waals surface area contributed by atoms with E-state index in [-0.39, 0.29) is 0 Å². The molecule has 0 radical (unpaired) electrons. The number of rotatable bonds is 3. The second-order valence-corrected chi connectivity index (χ2v) is 4.93. The number of likely N-dealkylation sites (tertiary alicyclic amines) is 1. The number of hydrogen-bond donors (Lipinski definition) is 2. The highest BCUT2D eigenvalue weighted by Crippen LogP contribution is 2.08. The number of nitrogen functional groups attached to an aromatic ring is 1. The van der Waals surface area contributed by atoms with Gasteiger partial charge in [-0.05, 0) is 37.8 Å². The maximum atomic E-state index is 5.71. The highest BCUT2D eigenvalue weighted by molar-refractivity contribution is 5.38. The summed E-state index contributed by atoms with van der Waals surface area (Å²) in [6.45, 7) is 4.82. The molecule has 0 aliphatic carbocycles. The minimum Gasteiger partial charge on any atom is -0.399 e. The monoisotopic (exact) mass is 219 g/mol. The molecule has 1 aromatic carbocycles. The zero-order valence-corrected chi connectivity index (χ0v) is 10.2. The van der Waals surface area contributed by atoms with Gasteiger partial charge in [-0.15, -0.1) is 0 Å². The Morgan fingerprint density at radius 2 is 2.00 bits per heavy atom. The summed E-state index contributed by atoms with van der Waals surface area (Å²) in [7, 11) is 0. The Balaban J connectivity index is 1.99. The number of nitrogens with two attached hydrogens (primary N) is 1. The molecular formula is C14H23N2+. The number of benzene rings is 1. The van der Waals surface area contributed by atoms with Gasteiger partial charge in [0.05, 0.1) is 12.6 Å². The van der Waals surface area contributed by atoms with Gasteiger partial charge < -0.3 is 10.6 Å². The van der Waals surface area contributed by atoms with Crippen molar-refractivity contribution in [1.29, 1.82) is 0 Å². The van der Waals surface area contributed by atoms with Gasteiger partial charge in [0.2, 0.25) is 0 Å². The first-order chi connectivity index (χ1) is 7.79. The second kappa shape index (κ2) is 5.35. The lowest BCUT2D eigenvalue weighted by Gasteiger charge is -2.32. The lowest BCUT2D eigenvalue weighted by molar-refractivity contribution is -0.944. The Labute approximate surface area is 98.4 Å². The average molecular weight is 219 g/mol. The van der Waals surface area contributed by atoms with E-state index in [1.165, 1.54) is 44.3 Å². The normalized spacial score (nSPS) is 25.6. The molecule has 1 heterocycles. The van der Waals surface area contributed by atoms with Gasteiger partial charge in [-0.25, -0.2) is 0 Å². The first-order valence-electron chi connectivity index (χ1n) is 6.48. The molecule has 1 aliphatic heterocycles. The van der Waals surface area contributed by atoms with Crippen LogP contribution in [0.1, 0.15) is 38.2 Å². The van der Waals surface area contributed by atoms with Gasteiger partial charge in [0.25, 0.3) is 0 Å². The second-order valence-electron chi connectivity index (χ2n) is 4.93. The van der Waals surface area contributed by atoms with E-state index in [0.29, 0.717) is 0 Å². The van der Waals surface area contributed by atoms with Crippen molar-refractivity contribution in [3.05, 3.63) is 29.8 Å². The molecular weight excluding hydrogens is 196 g/mol. The smallest absolute Gasteiger partial charge is 0.103 e. The molecule has 0 aromatic heterocycles. The van der Waals surface area contributed by atoms with Crippen molar-refractivity contribution >= 4 is 5.69 Å². The SMILES string of the molecule is CC[C@H]1CCCC[NH+]1Cc1ccc(N)cc1. The van der Waals surface area contributed by atoms with Gasteiger partial charge in [-0.2, -0.15) is 0 Å². The van der Waals surface area contributed by atoms with Crippen LogP contribution < -0.4 is 10.6 Å². The molecule has 0 spiro atoms. The number of nitrogens with one attached hydrogen (secondary N) is 1. The van der Waals surface area contributed by atoms with Gasteiger partial charge in [0.1, 0.15) is 6.54 Å². The Kier molecular flexibility index (Phi) is 3.83. The standard InChI is InChI=1S/C14H22N2/c1-2-14-5-3-4-10-16(14)11-12-6-8-13(15)9-7-12/h6-9,14H,2-5,10-11,15H2,1H3/p+1/t14-/m0/s1. The van der Waals surface area contributed by atoms with Crippen molar-refractivity contribution < 1.29 is 4.90 Å². The molecule has 2 heteroatoms. The highest BCUT2D eigenvalue weighted by Gasteiger charge is 2.24. The predicted octanol–water partition coefficient (Wildman–Crippen LogP) is 1.62. The van der Waals surface area contributed by atoms with Gasteiger partial charge in [0.15, 0.2) is 0 Å². The Hall–Kier alpha value is -1.02. The maximum absolute atomic E-state index is 5.71. The first kappa shape index (κ1) is 11.5. The van der Waals surface area contributed by atoms with E-state index in [1.54, 1.807) is 4.90 Å². The number of piperidine rings is 1. The van der Waals surface area contributed by atoms with Crippen LogP contribution >= 0.6 is 0 Å². The summed E-state index contributed by atoms with van der Waals surface area (Å²) in [4.78, 5) is 1.76. The molecule has 1 fully saturated rings. The Bertz CT molecular complexity index is 318. The van der Waals surface area contributed by atoms with Gasteiger partial charge in [-0.1, -0.05) is 19.1 Å². The molecule has 1 unspecified atom stereocenters. The van der Waals surface area contributed by atoms with E-state index in [2.05, 4.69) is 19.1 Å². The molecule has 16 heavy (non-hydrogen) atoms. The van der Waals surface area contributed by atoms with Gasteiger partial charge in [0, 0.05) is 11.3 Å². The maximum Gasteiger partial charge on any atom is 0.103 e. The molecule has 2 nitrogen and oxygen atoms in total. The third kappa shape index (κ3) is 2.76. The first-order valence-corrected chi connectivity index (χ1v) is 6.48. The van der Waals surface area contributed by atoms with Crippen molar-refractivity contribution in [2.45, 2.75) is 45.2 Å². The van der Waals surface area contributed by atoms with Crippen molar-refractivity contribution in [3.63, 3.8) is 0 Å². The molecule has 1 aromatic rings. The van der Waals surface area contributed by atoms with E-state index in [9.17, 15) is 0 Å². The quantitative estimate of drug-likeness (QED) is 0.744. The number of hydrogen-bond acceptors (Lipinski definition) is 1. The van der Waals surface area contributed by atoms with Crippen molar-refractivity contribution in [2.75, 3.05) is 12.3 Å². The number of quaternary nitrogens is 1. The molecule has 3 N–H and O–H groups in total. The lowest BCUT2D eigenvalue weighted by atomic mass is 9.99. The van der Waals surface area contributed by atoms with Crippen LogP contribution in [0.2, 0.25) is 0 Å². The van der Waals surface area contributed by atoms with Crippen LogP contribution in [0.3, 0.4) is 0 Å². The van der Waals surface area contributed by atoms with Crippen LogP contribution in [0.4, 0.5) is 5.69 Å². The molecule has 88 valence electrons. The molecule has 2 rings (SSSR count). The third-order valence-corrected chi connectivity index (χ3v) is 3.78. The molecule has 0 saturated carbocycles. The number of anilines is 1. The molecule has 1 saturated heterocycles. The van der Waals surface area contributed by atoms with Crippen LogP contribution in [0.25, 0.3) is 0 Å². The fraction of sp³-hybridized carbons (Fsp3) is 0.571. The van der Waals surface area contributed by atoms with Crippen molar-refractivity contribution in [3.8, 4) is 0 Å². The Morgan fingerprint density at radius 3 is 2.69 bits per heavy atom. The van der Waals surface area contributed by atoms with E-state index < -0.39 is 0 Å². The van der Waals surface area contributed by atoms with Crippen LogP contribution in [0.5, 0.6) is 0 Å². The summed E-state index contributed by atoms with van der Waals surface area (Å²) in [6.07, 6.45) is 5.52. The molecule has 2 atom stereocenters. The van der Waals surface area contributed by atoms with E-state index in [1.807, 2.05) is 12.1 Å². The van der Waals surface area contributed by atoms with Gasteiger partial charge in [-0.3, -0.25) is 0 Å².